The molecule has 3 rings (SSSR count). The van der Waals surface area contributed by atoms with Crippen LogP contribution in [0.1, 0.15) is 6.42 Å². The molecule has 1 aromatic rings. The van der Waals surface area contributed by atoms with Gasteiger partial charge in [0, 0.05) is 13.6 Å². The van der Waals surface area contributed by atoms with Crippen molar-refractivity contribution in [3.05, 3.63) is 24.3 Å². The minimum absolute atomic E-state index is 0.0825. The zero-order chi connectivity index (χ0) is 20.6. The van der Waals surface area contributed by atoms with Crippen molar-refractivity contribution < 1.29 is 32.7 Å². The summed E-state index contributed by atoms with van der Waals surface area (Å²) in [6.07, 6.45) is -0.118. The Morgan fingerprint density at radius 2 is 1.89 bits per heavy atom. The maximum Gasteiger partial charge on any atom is 0.327 e. The number of hydrogen-bond donors (Lipinski definition) is 2. The quantitative estimate of drug-likeness (QED) is 0.368. The first kappa shape index (κ1) is 20.0. The number of amides is 4. The Bertz CT molecular complexity index is 902. The van der Waals surface area contributed by atoms with Crippen LogP contribution >= 0.6 is 0 Å². The van der Waals surface area contributed by atoms with Crippen molar-refractivity contribution in [2.75, 3.05) is 27.2 Å². The van der Waals surface area contributed by atoms with Crippen LogP contribution < -0.4 is 10.2 Å². The second-order valence-corrected chi connectivity index (χ2v) is 8.42. The van der Waals surface area contributed by atoms with E-state index >= 15 is 0 Å². The third kappa shape index (κ3) is 3.30. The Labute approximate surface area is 161 Å². The van der Waals surface area contributed by atoms with E-state index in [-0.39, 0.29) is 24.4 Å². The normalized spacial score (nSPS) is 23.4. The van der Waals surface area contributed by atoms with Crippen molar-refractivity contribution in [2.24, 2.45) is 0 Å². The molecule has 12 heteroatoms. The third-order valence-electron chi connectivity index (χ3n) is 4.85. The Morgan fingerprint density at radius 3 is 2.39 bits per heavy atom. The zero-order valence-electron chi connectivity index (χ0n) is 15.2. The number of likely N-dealkylation sites (N-methyl/N-ethyl adjacent to an activating group) is 1. The molecule has 0 radical (unpaired) electrons. The molecule has 2 N–H and O–H groups in total. The SMILES string of the molecule is COc1ccc(S(=O)(=O)N2C[C@@H](N3C(=O)CN(C)C3=O)C[C@@H]2C(=O)NO)cc1. The summed E-state index contributed by atoms with van der Waals surface area (Å²) in [7, 11) is -1.24. The molecule has 1 aromatic carbocycles. The number of methoxy groups -OCH3 is 1. The number of imide groups is 1. The molecule has 28 heavy (non-hydrogen) atoms. The molecule has 2 heterocycles. The number of hydroxylamine groups is 1. The van der Waals surface area contributed by atoms with Gasteiger partial charge in [-0.3, -0.25) is 19.7 Å². The summed E-state index contributed by atoms with van der Waals surface area (Å²) in [5.74, 6) is -0.949. The lowest BCUT2D eigenvalue weighted by Crippen LogP contribution is -2.45. The molecule has 0 unspecified atom stereocenters. The first-order chi connectivity index (χ1) is 13.2. The van der Waals surface area contributed by atoms with Crippen molar-refractivity contribution in [1.82, 2.24) is 19.6 Å². The fourth-order valence-corrected chi connectivity index (χ4v) is 5.07. The number of nitrogens with zero attached hydrogens (tertiary/aromatic N) is 3. The van der Waals surface area contributed by atoms with Gasteiger partial charge in [-0.1, -0.05) is 0 Å². The maximum atomic E-state index is 13.1. The molecule has 2 aliphatic heterocycles. The predicted octanol–water partition coefficient (Wildman–Crippen LogP) is -0.774. The highest BCUT2D eigenvalue weighted by atomic mass is 32.2. The average molecular weight is 412 g/mol. The van der Waals surface area contributed by atoms with Gasteiger partial charge in [0.2, 0.25) is 10.0 Å². The van der Waals surface area contributed by atoms with E-state index in [9.17, 15) is 22.8 Å². The summed E-state index contributed by atoms with van der Waals surface area (Å²) in [6.45, 7) is -0.366. The molecule has 2 aliphatic rings. The molecule has 0 spiro atoms. The van der Waals surface area contributed by atoms with Crippen molar-refractivity contribution in [1.29, 1.82) is 0 Å². The molecule has 2 fully saturated rings. The fraction of sp³-hybridized carbons (Fsp3) is 0.438. The van der Waals surface area contributed by atoms with Gasteiger partial charge in [-0.2, -0.15) is 4.31 Å². The summed E-state index contributed by atoms with van der Waals surface area (Å²) in [5.41, 5.74) is 1.46. The second kappa shape index (κ2) is 7.37. The van der Waals surface area contributed by atoms with Crippen LogP contribution in [0.5, 0.6) is 5.75 Å². The van der Waals surface area contributed by atoms with E-state index in [0.29, 0.717) is 5.75 Å². The highest BCUT2D eigenvalue weighted by Gasteiger charge is 2.50. The molecule has 0 saturated carbocycles. The van der Waals surface area contributed by atoms with Gasteiger partial charge in [-0.25, -0.2) is 18.7 Å². The Balaban J connectivity index is 1.94. The molecule has 0 aromatic heterocycles. The van der Waals surface area contributed by atoms with Gasteiger partial charge in [0.25, 0.3) is 11.8 Å². The number of sulfonamides is 1. The van der Waals surface area contributed by atoms with Gasteiger partial charge in [0.15, 0.2) is 0 Å². The standard InChI is InChI=1S/C16H20N4O7S/c1-18-9-14(21)20(16(18)23)10-7-13(15(22)17-24)19(8-10)28(25,26)12-5-3-11(27-2)4-6-12/h3-6,10,13,24H,7-9H2,1-2H3,(H,17,22)/t10-,13+/m0/s1. The Morgan fingerprint density at radius 1 is 1.25 bits per heavy atom. The van der Waals surface area contributed by atoms with Crippen LogP contribution in [-0.2, 0) is 19.6 Å². The smallest absolute Gasteiger partial charge is 0.327 e. The number of urea groups is 1. The van der Waals surface area contributed by atoms with E-state index in [1.165, 1.54) is 48.8 Å². The molecule has 152 valence electrons. The van der Waals surface area contributed by atoms with E-state index in [1.54, 1.807) is 0 Å². The summed E-state index contributed by atoms with van der Waals surface area (Å²) in [4.78, 5) is 38.6. The van der Waals surface area contributed by atoms with Crippen LogP contribution in [0.2, 0.25) is 0 Å². The molecule has 0 bridgehead atoms. The van der Waals surface area contributed by atoms with Crippen LogP contribution in [0, 0.1) is 0 Å². The maximum absolute atomic E-state index is 13.1. The van der Waals surface area contributed by atoms with Crippen LogP contribution in [-0.4, -0.2) is 84.9 Å². The lowest BCUT2D eigenvalue weighted by atomic mass is 10.1. The van der Waals surface area contributed by atoms with E-state index < -0.39 is 40.0 Å². The highest BCUT2D eigenvalue weighted by molar-refractivity contribution is 7.89. The fourth-order valence-electron chi connectivity index (χ4n) is 3.43. The van der Waals surface area contributed by atoms with Gasteiger partial charge < -0.3 is 9.64 Å². The number of nitrogens with one attached hydrogen (secondary N) is 1. The summed E-state index contributed by atoms with van der Waals surface area (Å²) in [6, 6.07) is 2.94. The van der Waals surface area contributed by atoms with Gasteiger partial charge in [-0.05, 0) is 30.7 Å². The van der Waals surface area contributed by atoms with Crippen molar-refractivity contribution in [2.45, 2.75) is 23.4 Å². The molecule has 2 atom stereocenters. The van der Waals surface area contributed by atoms with Crippen LogP contribution in [0.3, 0.4) is 0 Å². The van der Waals surface area contributed by atoms with E-state index in [0.717, 1.165) is 9.21 Å². The topological polar surface area (TPSA) is 137 Å². The first-order valence-electron chi connectivity index (χ1n) is 8.37. The summed E-state index contributed by atoms with van der Waals surface area (Å²) >= 11 is 0. The van der Waals surface area contributed by atoms with E-state index in [2.05, 4.69) is 0 Å². The number of carbonyl (C=O) groups is 3. The minimum atomic E-state index is -4.14. The van der Waals surface area contributed by atoms with Crippen LogP contribution in [0.15, 0.2) is 29.2 Å². The largest absolute Gasteiger partial charge is 0.497 e. The molecule has 0 aliphatic carbocycles. The monoisotopic (exact) mass is 412 g/mol. The number of carbonyl (C=O) groups excluding carboxylic acids is 3. The predicted molar refractivity (Wildman–Crippen MR) is 93.9 cm³/mol. The van der Waals surface area contributed by atoms with Gasteiger partial charge in [0.05, 0.1) is 18.0 Å². The average Bonchev–Trinajstić information content (AvgIpc) is 3.22. The number of rotatable bonds is 5. The number of benzene rings is 1. The number of ether oxygens (including phenoxy) is 1. The molecular formula is C16H20N4O7S. The second-order valence-electron chi connectivity index (χ2n) is 6.53. The number of hydrogen-bond acceptors (Lipinski definition) is 7. The molecule has 4 amide bonds. The lowest BCUT2D eigenvalue weighted by Gasteiger charge is -2.23. The van der Waals surface area contributed by atoms with Gasteiger partial charge in [-0.15, -0.1) is 0 Å². The summed E-state index contributed by atoms with van der Waals surface area (Å²) < 4.78 is 32.1. The van der Waals surface area contributed by atoms with E-state index in [1.807, 2.05) is 0 Å². The van der Waals surface area contributed by atoms with Gasteiger partial charge in [0.1, 0.15) is 18.3 Å². The third-order valence-corrected chi connectivity index (χ3v) is 6.74. The van der Waals surface area contributed by atoms with Crippen LogP contribution in [0.25, 0.3) is 0 Å². The first-order valence-corrected chi connectivity index (χ1v) is 9.81. The van der Waals surface area contributed by atoms with Gasteiger partial charge >= 0.3 is 6.03 Å². The van der Waals surface area contributed by atoms with E-state index in [4.69, 9.17) is 9.94 Å². The zero-order valence-corrected chi connectivity index (χ0v) is 16.0. The minimum Gasteiger partial charge on any atom is -0.497 e. The lowest BCUT2D eigenvalue weighted by molar-refractivity contribution is -0.132. The molecular weight excluding hydrogens is 392 g/mol. The Kier molecular flexibility index (Phi) is 5.28. The van der Waals surface area contributed by atoms with Crippen molar-refractivity contribution in [3.8, 4) is 5.75 Å². The Hall–Kier alpha value is -2.70. The van der Waals surface area contributed by atoms with Crippen molar-refractivity contribution in [3.63, 3.8) is 0 Å². The summed E-state index contributed by atoms with van der Waals surface area (Å²) in [5, 5.41) is 9.02. The molecule has 2 saturated heterocycles. The van der Waals surface area contributed by atoms with Crippen LogP contribution in [0.4, 0.5) is 4.79 Å². The van der Waals surface area contributed by atoms with Crippen molar-refractivity contribution >= 4 is 27.9 Å². The molecule has 11 nitrogen and oxygen atoms in total. The highest BCUT2D eigenvalue weighted by Crippen LogP contribution is 2.31.